The molecule has 30 heavy (non-hydrogen) atoms. The number of aromatic nitrogens is 3. The van der Waals surface area contributed by atoms with Crippen LogP contribution in [0.15, 0.2) is 67.3 Å². The molecule has 6 aromatic rings. The maximum atomic E-state index is 13.7. The smallest absolute Gasteiger partial charge is 0.193 e. The molecule has 0 N–H and O–H groups in total. The quantitative estimate of drug-likeness (QED) is 0.346. The van der Waals surface area contributed by atoms with E-state index in [-0.39, 0.29) is 11.2 Å². The van der Waals surface area contributed by atoms with E-state index in [1.54, 1.807) is 0 Å². The van der Waals surface area contributed by atoms with Gasteiger partial charge in [0.25, 0.3) is 0 Å². The second-order valence-corrected chi connectivity index (χ2v) is 8.69. The Morgan fingerprint density at radius 3 is 2.33 bits per heavy atom. The molecule has 0 atom stereocenters. The topological polar surface area (TPSA) is 47.3 Å². The lowest BCUT2D eigenvalue weighted by molar-refractivity contribution is 0.103. The van der Waals surface area contributed by atoms with Crippen molar-refractivity contribution in [3.05, 3.63) is 89.5 Å². The maximum absolute atomic E-state index is 13.7. The lowest BCUT2D eigenvalue weighted by atomic mass is 9.67. The van der Waals surface area contributed by atoms with E-state index in [0.717, 1.165) is 60.3 Å². The SMILES string of the molecule is CC1(C)c2ccccc2C(=O)c2cc3c4ccncc4n4c5cnccc5c(c21)c34. The van der Waals surface area contributed by atoms with Crippen molar-refractivity contribution >= 4 is 43.9 Å². The van der Waals surface area contributed by atoms with Crippen molar-refractivity contribution < 1.29 is 4.79 Å². The van der Waals surface area contributed by atoms with Crippen molar-refractivity contribution in [1.82, 2.24) is 14.4 Å². The monoisotopic (exact) mass is 387 g/mol. The van der Waals surface area contributed by atoms with Crippen molar-refractivity contribution in [3.63, 3.8) is 0 Å². The first-order valence-electron chi connectivity index (χ1n) is 10.1. The van der Waals surface area contributed by atoms with E-state index in [4.69, 9.17) is 0 Å². The van der Waals surface area contributed by atoms with E-state index in [1.807, 2.05) is 49.1 Å². The fourth-order valence-corrected chi connectivity index (χ4v) is 5.64. The first kappa shape index (κ1) is 16.1. The highest BCUT2D eigenvalue weighted by Gasteiger charge is 2.39. The molecule has 1 aliphatic carbocycles. The molecule has 0 bridgehead atoms. The van der Waals surface area contributed by atoms with Crippen molar-refractivity contribution in [2.75, 3.05) is 0 Å². The molecule has 0 amide bonds. The number of rotatable bonds is 0. The zero-order valence-electron chi connectivity index (χ0n) is 16.6. The van der Waals surface area contributed by atoms with Crippen LogP contribution in [0.1, 0.15) is 40.9 Å². The second-order valence-electron chi connectivity index (χ2n) is 8.69. The van der Waals surface area contributed by atoms with Crippen molar-refractivity contribution in [2.45, 2.75) is 19.3 Å². The third-order valence-corrected chi connectivity index (χ3v) is 6.88. The number of hydrogen-bond acceptors (Lipinski definition) is 3. The summed E-state index contributed by atoms with van der Waals surface area (Å²) in [6.45, 7) is 4.46. The van der Waals surface area contributed by atoms with Gasteiger partial charge in [-0.2, -0.15) is 0 Å². The molecule has 4 heterocycles. The Morgan fingerprint density at radius 2 is 1.53 bits per heavy atom. The summed E-state index contributed by atoms with van der Waals surface area (Å²) in [6, 6.07) is 14.2. The normalized spacial score (nSPS) is 15.3. The van der Waals surface area contributed by atoms with Crippen LogP contribution in [0, 0.1) is 0 Å². The van der Waals surface area contributed by atoms with Gasteiger partial charge in [-0.05, 0) is 29.3 Å². The lowest BCUT2D eigenvalue weighted by Crippen LogP contribution is -2.30. The fraction of sp³-hybridized carbons (Fsp3) is 0.115. The number of pyridine rings is 2. The molecule has 4 nitrogen and oxygen atoms in total. The van der Waals surface area contributed by atoms with Gasteiger partial charge in [0.1, 0.15) is 0 Å². The van der Waals surface area contributed by atoms with E-state index in [9.17, 15) is 4.79 Å². The van der Waals surface area contributed by atoms with Crippen LogP contribution >= 0.6 is 0 Å². The van der Waals surface area contributed by atoms with E-state index < -0.39 is 0 Å². The molecule has 2 aromatic carbocycles. The van der Waals surface area contributed by atoms with Crippen LogP contribution in [0.4, 0.5) is 0 Å². The summed E-state index contributed by atoms with van der Waals surface area (Å²) in [5, 5.41) is 4.50. The number of nitrogens with zero attached hydrogens (tertiary/aromatic N) is 3. The Hall–Kier alpha value is -3.79. The molecule has 1 aliphatic rings. The lowest BCUT2D eigenvalue weighted by Gasteiger charge is -2.35. The highest BCUT2D eigenvalue weighted by atomic mass is 16.1. The number of benzene rings is 2. The van der Waals surface area contributed by atoms with Crippen molar-refractivity contribution in [1.29, 1.82) is 0 Å². The first-order valence-corrected chi connectivity index (χ1v) is 10.1. The molecular formula is C26H17N3O. The number of carbonyl (C=O) groups is 1. The van der Waals surface area contributed by atoms with Gasteiger partial charge in [-0.1, -0.05) is 38.1 Å². The Labute approximate surface area is 172 Å². The van der Waals surface area contributed by atoms with Crippen molar-refractivity contribution in [2.24, 2.45) is 0 Å². The summed E-state index contributed by atoms with van der Waals surface area (Å²) < 4.78 is 2.26. The Kier molecular flexibility index (Phi) is 2.69. The summed E-state index contributed by atoms with van der Waals surface area (Å²) in [7, 11) is 0. The fourth-order valence-electron chi connectivity index (χ4n) is 5.64. The van der Waals surface area contributed by atoms with Crippen LogP contribution in [0.3, 0.4) is 0 Å². The zero-order chi connectivity index (χ0) is 20.2. The van der Waals surface area contributed by atoms with E-state index in [2.05, 4.69) is 46.4 Å². The minimum absolute atomic E-state index is 0.107. The summed E-state index contributed by atoms with van der Waals surface area (Å²) in [4.78, 5) is 22.4. The molecule has 4 aromatic heterocycles. The van der Waals surface area contributed by atoms with E-state index in [0.29, 0.717) is 0 Å². The summed E-state index contributed by atoms with van der Waals surface area (Å²) in [6.07, 6.45) is 7.47. The molecular weight excluding hydrogens is 370 g/mol. The number of carbonyl (C=O) groups excluding carboxylic acids is 1. The minimum atomic E-state index is -0.298. The van der Waals surface area contributed by atoms with Crippen LogP contribution in [-0.4, -0.2) is 20.2 Å². The molecule has 4 heteroatoms. The van der Waals surface area contributed by atoms with Gasteiger partial charge in [0.2, 0.25) is 0 Å². The van der Waals surface area contributed by atoms with Gasteiger partial charge in [0.05, 0.1) is 28.9 Å². The number of hydrogen-bond donors (Lipinski definition) is 0. The minimum Gasteiger partial charge on any atom is -0.305 e. The van der Waals surface area contributed by atoms with Crippen LogP contribution < -0.4 is 0 Å². The third kappa shape index (κ3) is 1.64. The average molecular weight is 387 g/mol. The molecule has 7 rings (SSSR count). The van der Waals surface area contributed by atoms with Gasteiger partial charge in [0, 0.05) is 50.5 Å². The highest BCUT2D eigenvalue weighted by molar-refractivity contribution is 6.28. The van der Waals surface area contributed by atoms with E-state index >= 15 is 0 Å². The molecule has 0 aliphatic heterocycles. The van der Waals surface area contributed by atoms with Crippen molar-refractivity contribution in [3.8, 4) is 0 Å². The Bertz CT molecular complexity index is 1690. The summed E-state index contributed by atoms with van der Waals surface area (Å²) >= 11 is 0. The largest absolute Gasteiger partial charge is 0.305 e. The second kappa shape index (κ2) is 5.03. The molecule has 0 saturated carbocycles. The Morgan fingerprint density at radius 1 is 0.833 bits per heavy atom. The van der Waals surface area contributed by atoms with Gasteiger partial charge < -0.3 is 4.40 Å². The van der Waals surface area contributed by atoms with E-state index in [1.165, 1.54) is 0 Å². The molecule has 0 saturated heterocycles. The van der Waals surface area contributed by atoms with Gasteiger partial charge in [-0.15, -0.1) is 0 Å². The third-order valence-electron chi connectivity index (χ3n) is 6.88. The highest BCUT2D eigenvalue weighted by Crippen LogP contribution is 2.49. The predicted octanol–water partition coefficient (Wildman–Crippen LogP) is 5.50. The van der Waals surface area contributed by atoms with Gasteiger partial charge in [0.15, 0.2) is 5.78 Å². The maximum Gasteiger partial charge on any atom is 0.193 e. The standard InChI is InChI=1S/C26H17N3O/c1-26(2)19-6-4-3-5-15(19)25(30)18-11-17-14-7-9-27-12-20(14)29-21-13-28-10-8-16(21)22(23(18)26)24(17)29/h3-13H,1-2H3. The number of ketones is 1. The zero-order valence-corrected chi connectivity index (χ0v) is 16.6. The predicted molar refractivity (Wildman–Crippen MR) is 119 cm³/mol. The molecule has 0 spiro atoms. The molecule has 0 unspecified atom stereocenters. The summed E-state index contributed by atoms with van der Waals surface area (Å²) in [5.41, 5.74) is 6.77. The average Bonchev–Trinajstić information content (AvgIpc) is 3.29. The molecule has 0 fully saturated rings. The molecule has 0 radical (unpaired) electrons. The first-order chi connectivity index (χ1) is 14.6. The van der Waals surface area contributed by atoms with Crippen LogP contribution in [-0.2, 0) is 5.41 Å². The summed E-state index contributed by atoms with van der Waals surface area (Å²) in [5.74, 6) is 0.107. The van der Waals surface area contributed by atoms with Gasteiger partial charge in [-0.3, -0.25) is 14.8 Å². The van der Waals surface area contributed by atoms with Crippen LogP contribution in [0.2, 0.25) is 0 Å². The number of fused-ring (bicyclic) bond motifs is 9. The van der Waals surface area contributed by atoms with Crippen LogP contribution in [0.5, 0.6) is 0 Å². The van der Waals surface area contributed by atoms with Crippen LogP contribution in [0.25, 0.3) is 38.1 Å². The van der Waals surface area contributed by atoms with Gasteiger partial charge in [-0.25, -0.2) is 0 Å². The van der Waals surface area contributed by atoms with Gasteiger partial charge >= 0.3 is 0 Å². The molecule has 142 valence electrons. The Balaban J connectivity index is 1.83.